The number of benzene rings is 2. The number of fused-ring (bicyclic) bond motifs is 1. The van der Waals surface area contributed by atoms with Gasteiger partial charge in [-0.25, -0.2) is 4.98 Å². The maximum atomic E-state index is 13.0. The molecule has 1 aliphatic rings. The van der Waals surface area contributed by atoms with E-state index in [-0.39, 0.29) is 11.7 Å². The van der Waals surface area contributed by atoms with E-state index in [0.717, 1.165) is 60.0 Å². The highest BCUT2D eigenvalue weighted by Crippen LogP contribution is 2.37. The zero-order chi connectivity index (χ0) is 19.5. The maximum absolute atomic E-state index is 13.0. The molecule has 4 heteroatoms. The number of ether oxygens (including phenoxy) is 1. The van der Waals surface area contributed by atoms with Crippen LogP contribution in [-0.4, -0.2) is 22.9 Å². The fraction of sp³-hybridized carbons (Fsp3) is 0.375. The maximum Gasteiger partial charge on any atom is 0.169 e. The number of rotatable bonds is 6. The molecule has 0 saturated heterocycles. The molecule has 0 aliphatic heterocycles. The van der Waals surface area contributed by atoms with Gasteiger partial charge in [0.05, 0.1) is 29.4 Å². The summed E-state index contributed by atoms with van der Waals surface area (Å²) in [5, 5.41) is 0. The number of Topliss-reactive ketones (excluding diaryl/α,β-unsaturated/α-hetero) is 1. The van der Waals surface area contributed by atoms with Gasteiger partial charge in [0.15, 0.2) is 5.78 Å². The molecule has 1 saturated carbocycles. The van der Waals surface area contributed by atoms with Crippen molar-refractivity contribution in [3.8, 4) is 5.75 Å². The van der Waals surface area contributed by atoms with Gasteiger partial charge in [-0.05, 0) is 69.2 Å². The Balaban J connectivity index is 1.38. The van der Waals surface area contributed by atoms with Gasteiger partial charge in [-0.2, -0.15) is 0 Å². The molecule has 0 N–H and O–H groups in total. The summed E-state index contributed by atoms with van der Waals surface area (Å²) in [6.07, 6.45) is 6.88. The molecular weight excluding hydrogens is 348 g/mol. The molecule has 0 radical (unpaired) electrons. The third-order valence-corrected chi connectivity index (χ3v) is 5.84. The SMILES string of the molecule is COc1ccc(C)cc1C(=O)C1CC[C@@H](CCc2cnc3ccccc3n2)C1. The number of aromatic nitrogens is 2. The Morgan fingerprint density at radius 3 is 2.79 bits per heavy atom. The molecule has 0 spiro atoms. The Labute approximate surface area is 166 Å². The number of nitrogens with zero attached hydrogens (tertiary/aromatic N) is 2. The van der Waals surface area contributed by atoms with Crippen molar-refractivity contribution < 1.29 is 9.53 Å². The van der Waals surface area contributed by atoms with Crippen LogP contribution in [0.3, 0.4) is 0 Å². The first kappa shape index (κ1) is 18.6. The van der Waals surface area contributed by atoms with Gasteiger partial charge in [-0.1, -0.05) is 23.8 Å². The van der Waals surface area contributed by atoms with Gasteiger partial charge in [0, 0.05) is 12.1 Å². The van der Waals surface area contributed by atoms with Crippen LogP contribution in [-0.2, 0) is 6.42 Å². The molecule has 1 fully saturated rings. The lowest BCUT2D eigenvalue weighted by molar-refractivity contribution is 0.0916. The number of hydrogen-bond donors (Lipinski definition) is 0. The summed E-state index contributed by atoms with van der Waals surface area (Å²) in [6.45, 7) is 2.01. The quantitative estimate of drug-likeness (QED) is 0.558. The molecule has 0 amide bonds. The normalized spacial score (nSPS) is 19.1. The summed E-state index contributed by atoms with van der Waals surface area (Å²) >= 11 is 0. The lowest BCUT2D eigenvalue weighted by Gasteiger charge is -2.14. The van der Waals surface area contributed by atoms with Crippen molar-refractivity contribution in [2.24, 2.45) is 11.8 Å². The lowest BCUT2D eigenvalue weighted by Crippen LogP contribution is -2.13. The van der Waals surface area contributed by atoms with E-state index < -0.39 is 0 Å². The van der Waals surface area contributed by atoms with E-state index in [4.69, 9.17) is 9.72 Å². The smallest absolute Gasteiger partial charge is 0.169 e. The van der Waals surface area contributed by atoms with Crippen LogP contribution < -0.4 is 4.74 Å². The van der Waals surface area contributed by atoms with Crippen molar-refractivity contribution in [3.63, 3.8) is 0 Å². The molecule has 2 aromatic carbocycles. The molecule has 3 aromatic rings. The number of hydrogen-bond acceptors (Lipinski definition) is 4. The average Bonchev–Trinajstić information content (AvgIpc) is 3.20. The van der Waals surface area contributed by atoms with Crippen LogP contribution in [0.2, 0.25) is 0 Å². The van der Waals surface area contributed by atoms with Crippen molar-refractivity contribution in [1.82, 2.24) is 9.97 Å². The first-order chi connectivity index (χ1) is 13.6. The van der Waals surface area contributed by atoms with Gasteiger partial charge >= 0.3 is 0 Å². The van der Waals surface area contributed by atoms with E-state index >= 15 is 0 Å². The van der Waals surface area contributed by atoms with Gasteiger partial charge in [-0.3, -0.25) is 9.78 Å². The molecule has 1 unspecified atom stereocenters. The second kappa shape index (κ2) is 8.09. The summed E-state index contributed by atoms with van der Waals surface area (Å²) in [4.78, 5) is 22.3. The number of methoxy groups -OCH3 is 1. The van der Waals surface area contributed by atoms with Crippen LogP contribution in [0.5, 0.6) is 5.75 Å². The second-order valence-corrected chi connectivity index (χ2v) is 7.83. The Morgan fingerprint density at radius 2 is 1.96 bits per heavy atom. The van der Waals surface area contributed by atoms with Crippen molar-refractivity contribution in [2.45, 2.75) is 39.0 Å². The number of carbonyl (C=O) groups is 1. The van der Waals surface area contributed by atoms with E-state index in [1.807, 2.05) is 55.6 Å². The highest BCUT2D eigenvalue weighted by atomic mass is 16.5. The van der Waals surface area contributed by atoms with Crippen LogP contribution in [0.1, 0.15) is 47.3 Å². The summed E-state index contributed by atoms with van der Waals surface area (Å²) in [5.74, 6) is 1.58. The molecule has 28 heavy (non-hydrogen) atoms. The molecule has 4 nitrogen and oxygen atoms in total. The number of ketones is 1. The van der Waals surface area contributed by atoms with E-state index in [9.17, 15) is 4.79 Å². The van der Waals surface area contributed by atoms with Gasteiger partial charge in [0.25, 0.3) is 0 Å². The number of carbonyl (C=O) groups excluding carboxylic acids is 1. The Morgan fingerprint density at radius 1 is 1.14 bits per heavy atom. The van der Waals surface area contributed by atoms with E-state index in [2.05, 4.69) is 4.98 Å². The first-order valence-corrected chi connectivity index (χ1v) is 10.0. The predicted octanol–water partition coefficient (Wildman–Crippen LogP) is 5.18. The second-order valence-electron chi connectivity index (χ2n) is 7.83. The van der Waals surface area contributed by atoms with Crippen LogP contribution in [0.15, 0.2) is 48.7 Å². The highest BCUT2D eigenvalue weighted by Gasteiger charge is 2.31. The van der Waals surface area contributed by atoms with Gasteiger partial charge < -0.3 is 4.74 Å². The summed E-state index contributed by atoms with van der Waals surface area (Å²) in [7, 11) is 1.63. The molecular formula is C24H26N2O2. The van der Waals surface area contributed by atoms with Gasteiger partial charge in [0.1, 0.15) is 5.75 Å². The minimum atomic E-state index is 0.100. The molecule has 1 aromatic heterocycles. The summed E-state index contributed by atoms with van der Waals surface area (Å²) in [6, 6.07) is 13.8. The Bertz CT molecular complexity index is 999. The largest absolute Gasteiger partial charge is 0.496 e. The van der Waals surface area contributed by atoms with Crippen molar-refractivity contribution >= 4 is 16.8 Å². The minimum absolute atomic E-state index is 0.100. The van der Waals surface area contributed by atoms with Crippen molar-refractivity contribution in [3.05, 3.63) is 65.5 Å². The Hall–Kier alpha value is -2.75. The number of para-hydroxylation sites is 2. The van der Waals surface area contributed by atoms with Crippen molar-refractivity contribution in [1.29, 1.82) is 0 Å². The van der Waals surface area contributed by atoms with Crippen molar-refractivity contribution in [2.75, 3.05) is 7.11 Å². The third kappa shape index (κ3) is 3.91. The standard InChI is InChI=1S/C24H26N2O2/c1-16-7-12-23(28-2)20(13-16)24(27)18-10-8-17(14-18)9-11-19-15-25-21-5-3-4-6-22(21)26-19/h3-7,12-13,15,17-18H,8-11,14H2,1-2H3/t17-,18?/m0/s1. The third-order valence-electron chi connectivity index (χ3n) is 5.84. The van der Waals surface area contributed by atoms with E-state index in [1.165, 1.54) is 0 Å². The number of aryl methyl sites for hydroxylation is 2. The fourth-order valence-corrected chi connectivity index (χ4v) is 4.28. The molecule has 1 heterocycles. The average molecular weight is 374 g/mol. The highest BCUT2D eigenvalue weighted by molar-refractivity contribution is 6.00. The monoisotopic (exact) mass is 374 g/mol. The topological polar surface area (TPSA) is 52.1 Å². The summed E-state index contributed by atoms with van der Waals surface area (Å²) < 4.78 is 5.41. The molecule has 1 aliphatic carbocycles. The van der Waals surface area contributed by atoms with Crippen LogP contribution in [0.4, 0.5) is 0 Å². The summed E-state index contributed by atoms with van der Waals surface area (Å²) in [5.41, 5.74) is 4.74. The van der Waals surface area contributed by atoms with Crippen LogP contribution in [0.25, 0.3) is 11.0 Å². The van der Waals surface area contributed by atoms with E-state index in [0.29, 0.717) is 11.7 Å². The zero-order valence-electron chi connectivity index (χ0n) is 16.5. The van der Waals surface area contributed by atoms with Gasteiger partial charge in [-0.15, -0.1) is 0 Å². The predicted molar refractivity (Wildman–Crippen MR) is 111 cm³/mol. The fourth-order valence-electron chi connectivity index (χ4n) is 4.28. The lowest BCUT2D eigenvalue weighted by atomic mass is 9.92. The first-order valence-electron chi connectivity index (χ1n) is 10.0. The van der Waals surface area contributed by atoms with E-state index in [1.54, 1.807) is 7.11 Å². The molecule has 4 rings (SSSR count). The Kier molecular flexibility index (Phi) is 5.38. The zero-order valence-corrected chi connectivity index (χ0v) is 16.5. The van der Waals surface area contributed by atoms with Crippen LogP contribution in [0, 0.1) is 18.8 Å². The minimum Gasteiger partial charge on any atom is -0.496 e. The molecule has 144 valence electrons. The van der Waals surface area contributed by atoms with Crippen LogP contribution >= 0.6 is 0 Å². The molecule has 2 atom stereocenters. The molecule has 0 bridgehead atoms. The van der Waals surface area contributed by atoms with Gasteiger partial charge in [0.2, 0.25) is 0 Å².